The van der Waals surface area contributed by atoms with E-state index in [1.54, 1.807) is 0 Å². The van der Waals surface area contributed by atoms with E-state index in [9.17, 15) is 13.2 Å². The Kier molecular flexibility index (Phi) is 5.32. The fourth-order valence-corrected chi connectivity index (χ4v) is 3.35. The van der Waals surface area contributed by atoms with Crippen LogP contribution in [0.3, 0.4) is 0 Å². The number of ether oxygens (including phenoxy) is 1. The molecule has 0 amide bonds. The van der Waals surface area contributed by atoms with E-state index in [0.29, 0.717) is 5.69 Å². The Morgan fingerprint density at radius 3 is 2.45 bits per heavy atom. The standard InChI is InChI=1S/C12H20N2O5S/c1-7(2)19-6-5-13-20(17,18)11-8(3)10(12(15)16)14-9(11)4/h7,13-14H,5-6H2,1-4H3,(H,15,16). The molecular formula is C12H20N2O5S. The van der Waals surface area contributed by atoms with E-state index in [1.165, 1.54) is 13.8 Å². The number of aromatic amines is 1. The summed E-state index contributed by atoms with van der Waals surface area (Å²) in [6.45, 7) is 7.09. The number of hydrogen-bond acceptors (Lipinski definition) is 4. The number of aryl methyl sites for hydroxylation is 1. The van der Waals surface area contributed by atoms with Gasteiger partial charge in [0.1, 0.15) is 10.6 Å². The van der Waals surface area contributed by atoms with Crippen LogP contribution in [0.25, 0.3) is 0 Å². The van der Waals surface area contributed by atoms with Gasteiger partial charge in [0.2, 0.25) is 10.0 Å². The smallest absolute Gasteiger partial charge is 0.352 e. The van der Waals surface area contributed by atoms with Gasteiger partial charge >= 0.3 is 5.97 Å². The molecule has 114 valence electrons. The maximum Gasteiger partial charge on any atom is 0.352 e. The highest BCUT2D eigenvalue weighted by Gasteiger charge is 2.25. The lowest BCUT2D eigenvalue weighted by atomic mass is 10.2. The fourth-order valence-electron chi connectivity index (χ4n) is 1.89. The van der Waals surface area contributed by atoms with Crippen molar-refractivity contribution in [3.05, 3.63) is 17.0 Å². The molecular weight excluding hydrogens is 284 g/mol. The minimum Gasteiger partial charge on any atom is -0.477 e. The molecule has 0 aliphatic rings. The number of H-pyrrole nitrogens is 1. The van der Waals surface area contributed by atoms with Gasteiger partial charge in [-0.3, -0.25) is 0 Å². The first-order valence-electron chi connectivity index (χ1n) is 6.20. The van der Waals surface area contributed by atoms with Crippen LogP contribution in [-0.4, -0.2) is 43.7 Å². The van der Waals surface area contributed by atoms with E-state index in [2.05, 4.69) is 9.71 Å². The van der Waals surface area contributed by atoms with Gasteiger partial charge in [-0.15, -0.1) is 0 Å². The Balaban J connectivity index is 2.91. The van der Waals surface area contributed by atoms with Gasteiger partial charge < -0.3 is 14.8 Å². The molecule has 3 N–H and O–H groups in total. The molecule has 0 atom stereocenters. The number of aromatic carboxylic acids is 1. The van der Waals surface area contributed by atoms with Crippen molar-refractivity contribution in [1.29, 1.82) is 0 Å². The second-order valence-corrected chi connectivity index (χ2v) is 6.41. The highest BCUT2D eigenvalue weighted by molar-refractivity contribution is 7.89. The Morgan fingerprint density at radius 1 is 1.40 bits per heavy atom. The van der Waals surface area contributed by atoms with Gasteiger partial charge in [-0.2, -0.15) is 0 Å². The highest BCUT2D eigenvalue weighted by atomic mass is 32.2. The van der Waals surface area contributed by atoms with Crippen LogP contribution in [-0.2, 0) is 14.8 Å². The van der Waals surface area contributed by atoms with E-state index < -0.39 is 16.0 Å². The summed E-state index contributed by atoms with van der Waals surface area (Å²) in [4.78, 5) is 13.5. The molecule has 0 unspecified atom stereocenters. The molecule has 0 aliphatic carbocycles. The van der Waals surface area contributed by atoms with Crippen molar-refractivity contribution in [3.8, 4) is 0 Å². The van der Waals surface area contributed by atoms with E-state index in [1.807, 2.05) is 13.8 Å². The summed E-state index contributed by atoms with van der Waals surface area (Å²) in [5.41, 5.74) is 0.394. The highest BCUT2D eigenvalue weighted by Crippen LogP contribution is 2.22. The van der Waals surface area contributed by atoms with Crippen molar-refractivity contribution in [2.75, 3.05) is 13.2 Å². The number of rotatable bonds is 7. The molecule has 1 aromatic heterocycles. The molecule has 0 bridgehead atoms. The van der Waals surface area contributed by atoms with Crippen molar-refractivity contribution in [2.45, 2.75) is 38.7 Å². The molecule has 0 aromatic carbocycles. The first-order chi connectivity index (χ1) is 9.16. The van der Waals surface area contributed by atoms with Crippen molar-refractivity contribution in [2.24, 2.45) is 0 Å². The van der Waals surface area contributed by atoms with Gasteiger partial charge in [-0.25, -0.2) is 17.9 Å². The van der Waals surface area contributed by atoms with Crippen molar-refractivity contribution >= 4 is 16.0 Å². The third-order valence-corrected chi connectivity index (χ3v) is 4.43. The number of sulfonamides is 1. The lowest BCUT2D eigenvalue weighted by molar-refractivity contribution is 0.0690. The van der Waals surface area contributed by atoms with Crippen LogP contribution in [0.15, 0.2) is 4.90 Å². The minimum absolute atomic E-state index is 0.0144. The first-order valence-corrected chi connectivity index (χ1v) is 7.69. The molecule has 1 rings (SSSR count). The molecule has 0 saturated carbocycles. The molecule has 0 fully saturated rings. The molecule has 20 heavy (non-hydrogen) atoms. The van der Waals surface area contributed by atoms with Crippen LogP contribution in [0.4, 0.5) is 0 Å². The number of carbonyl (C=O) groups is 1. The van der Waals surface area contributed by atoms with Crippen molar-refractivity contribution < 1.29 is 23.1 Å². The number of aromatic nitrogens is 1. The predicted octanol–water partition coefficient (Wildman–Crippen LogP) is 1.03. The van der Waals surface area contributed by atoms with Gasteiger partial charge in [-0.1, -0.05) is 0 Å². The third kappa shape index (κ3) is 3.81. The summed E-state index contributed by atoms with van der Waals surface area (Å²) in [6, 6.07) is 0. The molecule has 0 spiro atoms. The summed E-state index contributed by atoms with van der Waals surface area (Å²) < 4.78 is 32.0. The zero-order chi connectivity index (χ0) is 15.5. The second kappa shape index (κ2) is 6.38. The summed E-state index contributed by atoms with van der Waals surface area (Å²) in [7, 11) is -3.76. The number of carboxylic acid groups (broad SMARTS) is 1. The minimum atomic E-state index is -3.76. The third-order valence-electron chi connectivity index (χ3n) is 2.70. The van der Waals surface area contributed by atoms with Gasteiger partial charge in [-0.05, 0) is 27.7 Å². The van der Waals surface area contributed by atoms with Crippen LogP contribution in [0.5, 0.6) is 0 Å². The summed E-state index contributed by atoms with van der Waals surface area (Å²) >= 11 is 0. The molecule has 1 heterocycles. The maximum atomic E-state index is 12.2. The van der Waals surface area contributed by atoms with Crippen molar-refractivity contribution in [3.63, 3.8) is 0 Å². The zero-order valence-electron chi connectivity index (χ0n) is 12.0. The van der Waals surface area contributed by atoms with Crippen molar-refractivity contribution in [1.82, 2.24) is 9.71 Å². The van der Waals surface area contributed by atoms with Crippen LogP contribution >= 0.6 is 0 Å². The Bertz CT molecular complexity index is 589. The largest absolute Gasteiger partial charge is 0.477 e. The van der Waals surface area contributed by atoms with E-state index in [-0.39, 0.29) is 35.4 Å². The maximum absolute atomic E-state index is 12.2. The van der Waals surface area contributed by atoms with Crippen LogP contribution in [0, 0.1) is 13.8 Å². The van der Waals surface area contributed by atoms with Crippen LogP contribution < -0.4 is 4.72 Å². The van der Waals surface area contributed by atoms with Crippen LogP contribution in [0.1, 0.15) is 35.6 Å². The van der Waals surface area contributed by atoms with Gasteiger partial charge in [0.15, 0.2) is 0 Å². The summed E-state index contributed by atoms with van der Waals surface area (Å²) in [6.07, 6.45) is 0.0221. The van der Waals surface area contributed by atoms with Gasteiger partial charge in [0, 0.05) is 17.8 Å². The Hall–Kier alpha value is -1.38. The molecule has 0 radical (unpaired) electrons. The quantitative estimate of drug-likeness (QED) is 0.652. The molecule has 1 aromatic rings. The number of carboxylic acids is 1. The number of nitrogens with one attached hydrogen (secondary N) is 2. The lowest BCUT2D eigenvalue weighted by Gasteiger charge is -2.10. The van der Waals surface area contributed by atoms with Crippen LogP contribution in [0.2, 0.25) is 0 Å². The molecule has 0 saturated heterocycles. The molecule has 8 heteroatoms. The van der Waals surface area contributed by atoms with Gasteiger partial charge in [0.25, 0.3) is 0 Å². The molecule has 7 nitrogen and oxygen atoms in total. The average Bonchev–Trinajstić information content (AvgIpc) is 2.61. The second-order valence-electron chi connectivity index (χ2n) is 4.70. The SMILES string of the molecule is Cc1[nH]c(C(=O)O)c(C)c1S(=O)(=O)NCCOC(C)C. The van der Waals surface area contributed by atoms with Gasteiger partial charge in [0.05, 0.1) is 12.7 Å². The summed E-state index contributed by atoms with van der Waals surface area (Å²) in [5.74, 6) is -1.19. The first kappa shape index (κ1) is 16.7. The summed E-state index contributed by atoms with van der Waals surface area (Å²) in [5, 5.41) is 8.98. The lowest BCUT2D eigenvalue weighted by Crippen LogP contribution is -2.29. The van der Waals surface area contributed by atoms with E-state index in [4.69, 9.17) is 9.84 Å². The number of hydrogen-bond donors (Lipinski definition) is 3. The Labute approximate surface area is 118 Å². The fraction of sp³-hybridized carbons (Fsp3) is 0.583. The molecule has 0 aliphatic heterocycles. The van der Waals surface area contributed by atoms with E-state index >= 15 is 0 Å². The Morgan fingerprint density at radius 2 is 2.00 bits per heavy atom. The van der Waals surface area contributed by atoms with E-state index in [0.717, 1.165) is 0 Å². The monoisotopic (exact) mass is 304 g/mol. The predicted molar refractivity (Wildman–Crippen MR) is 73.5 cm³/mol. The average molecular weight is 304 g/mol. The zero-order valence-corrected chi connectivity index (χ0v) is 12.8. The normalized spacial score (nSPS) is 12.1. The topological polar surface area (TPSA) is 108 Å².